The summed E-state index contributed by atoms with van der Waals surface area (Å²) in [5.41, 5.74) is 2.62. The first-order chi connectivity index (χ1) is 13.0. The molecular weight excluding hydrogens is 362 g/mol. The fourth-order valence-corrected chi connectivity index (χ4v) is 3.62. The van der Waals surface area contributed by atoms with Crippen molar-refractivity contribution in [2.75, 3.05) is 6.54 Å². The van der Waals surface area contributed by atoms with Gasteiger partial charge in [-0.2, -0.15) is 10.4 Å². The fraction of sp³-hybridized carbons (Fsp3) is 0.211. The van der Waals surface area contributed by atoms with E-state index in [0.29, 0.717) is 24.2 Å². The van der Waals surface area contributed by atoms with Crippen LogP contribution in [0.4, 0.5) is 0 Å². The summed E-state index contributed by atoms with van der Waals surface area (Å²) in [6.45, 7) is 2.20. The Balaban J connectivity index is 1.57. The van der Waals surface area contributed by atoms with Crippen LogP contribution in [0, 0.1) is 18.3 Å². The molecule has 0 bridgehead atoms. The van der Waals surface area contributed by atoms with Gasteiger partial charge in [-0.25, -0.2) is 18.1 Å². The van der Waals surface area contributed by atoms with Gasteiger partial charge in [0, 0.05) is 19.4 Å². The highest BCUT2D eigenvalue weighted by atomic mass is 32.2. The van der Waals surface area contributed by atoms with E-state index in [1.165, 1.54) is 17.7 Å². The van der Waals surface area contributed by atoms with E-state index < -0.39 is 10.0 Å². The van der Waals surface area contributed by atoms with Gasteiger partial charge in [-0.15, -0.1) is 0 Å². The number of benzene rings is 2. The first-order valence-electron chi connectivity index (χ1n) is 8.42. The lowest BCUT2D eigenvalue weighted by Crippen LogP contribution is -2.26. The molecule has 0 spiro atoms. The maximum Gasteiger partial charge on any atom is 0.240 e. The van der Waals surface area contributed by atoms with Crippen molar-refractivity contribution < 1.29 is 8.42 Å². The molecule has 27 heavy (non-hydrogen) atoms. The number of aromatic nitrogens is 3. The zero-order valence-electron chi connectivity index (χ0n) is 14.8. The van der Waals surface area contributed by atoms with Crippen LogP contribution >= 0.6 is 0 Å². The highest BCUT2D eigenvalue weighted by Gasteiger charge is 2.14. The number of hydrogen-bond donors (Lipinski definition) is 2. The van der Waals surface area contributed by atoms with Crippen LogP contribution in [0.3, 0.4) is 0 Å². The second-order valence-corrected chi connectivity index (χ2v) is 7.92. The maximum atomic E-state index is 12.3. The quantitative estimate of drug-likeness (QED) is 0.651. The average molecular weight is 381 g/mol. The molecule has 8 heteroatoms. The van der Waals surface area contributed by atoms with Crippen LogP contribution in [0.25, 0.3) is 0 Å². The Hall–Kier alpha value is -3.02. The summed E-state index contributed by atoms with van der Waals surface area (Å²) in [5.74, 6) is 1.28. The van der Waals surface area contributed by atoms with Gasteiger partial charge in [0.2, 0.25) is 10.0 Å². The number of nitrogens with one attached hydrogen (secondary N) is 2. The van der Waals surface area contributed by atoms with E-state index in [1.807, 2.05) is 37.3 Å². The van der Waals surface area contributed by atoms with Gasteiger partial charge in [-0.3, -0.25) is 5.10 Å². The van der Waals surface area contributed by atoms with E-state index in [2.05, 4.69) is 19.9 Å². The lowest BCUT2D eigenvalue weighted by Gasteiger charge is -2.05. The summed E-state index contributed by atoms with van der Waals surface area (Å²) in [4.78, 5) is 4.47. The first kappa shape index (κ1) is 18.8. The Labute approximate surface area is 158 Å². The Morgan fingerprint density at radius 3 is 2.70 bits per heavy atom. The normalized spacial score (nSPS) is 11.3. The third-order valence-electron chi connectivity index (χ3n) is 3.98. The number of nitriles is 1. The lowest BCUT2D eigenvalue weighted by molar-refractivity contribution is 0.581. The summed E-state index contributed by atoms with van der Waals surface area (Å²) in [6.07, 6.45) is 1.00. The minimum atomic E-state index is -3.68. The van der Waals surface area contributed by atoms with Crippen LogP contribution in [0.1, 0.15) is 28.3 Å². The molecule has 0 aliphatic heterocycles. The van der Waals surface area contributed by atoms with Gasteiger partial charge in [0.15, 0.2) is 5.82 Å². The molecule has 0 saturated carbocycles. The number of nitrogens with zero attached hydrogens (tertiary/aromatic N) is 3. The van der Waals surface area contributed by atoms with Gasteiger partial charge in [0.25, 0.3) is 0 Å². The molecule has 0 unspecified atom stereocenters. The molecule has 1 heterocycles. The number of rotatable bonds is 7. The van der Waals surface area contributed by atoms with Crippen molar-refractivity contribution in [1.82, 2.24) is 19.9 Å². The standard InChI is InChI=1S/C19H19N5O2S/c1-14-5-7-15(8-6-14)12-19-22-18(23-24-19)9-10-21-27(25,26)17-4-2-3-16(11-17)13-20/h2-8,11,21H,9-10,12H2,1H3,(H,22,23,24). The van der Waals surface area contributed by atoms with Crippen molar-refractivity contribution in [3.05, 3.63) is 76.9 Å². The summed E-state index contributed by atoms with van der Waals surface area (Å²) < 4.78 is 27.1. The molecule has 3 rings (SSSR count). The second-order valence-electron chi connectivity index (χ2n) is 6.15. The number of aromatic amines is 1. The first-order valence-corrected chi connectivity index (χ1v) is 9.90. The molecule has 0 aliphatic carbocycles. The Kier molecular flexibility index (Phi) is 5.64. The Bertz CT molecular complexity index is 1070. The molecule has 0 amide bonds. The third-order valence-corrected chi connectivity index (χ3v) is 5.44. The predicted octanol–water partition coefficient (Wildman–Crippen LogP) is 2.10. The van der Waals surface area contributed by atoms with Crippen molar-refractivity contribution in [3.63, 3.8) is 0 Å². The van der Waals surface area contributed by atoms with Crippen molar-refractivity contribution in [2.45, 2.75) is 24.7 Å². The molecule has 7 nitrogen and oxygen atoms in total. The number of sulfonamides is 1. The number of H-pyrrole nitrogens is 1. The van der Waals surface area contributed by atoms with E-state index in [1.54, 1.807) is 12.1 Å². The van der Waals surface area contributed by atoms with Gasteiger partial charge in [0.05, 0.1) is 16.5 Å². The van der Waals surface area contributed by atoms with Gasteiger partial charge in [0.1, 0.15) is 5.82 Å². The Morgan fingerprint density at radius 2 is 1.96 bits per heavy atom. The van der Waals surface area contributed by atoms with E-state index in [-0.39, 0.29) is 11.4 Å². The smallest absolute Gasteiger partial charge is 0.240 e. The van der Waals surface area contributed by atoms with Crippen molar-refractivity contribution in [2.24, 2.45) is 0 Å². The van der Waals surface area contributed by atoms with E-state index in [9.17, 15) is 8.42 Å². The highest BCUT2D eigenvalue weighted by molar-refractivity contribution is 7.89. The minimum absolute atomic E-state index is 0.0663. The zero-order chi connectivity index (χ0) is 19.3. The lowest BCUT2D eigenvalue weighted by atomic mass is 10.1. The van der Waals surface area contributed by atoms with Crippen LogP contribution in [0.15, 0.2) is 53.4 Å². The minimum Gasteiger partial charge on any atom is -0.263 e. The zero-order valence-corrected chi connectivity index (χ0v) is 15.6. The molecule has 2 N–H and O–H groups in total. The predicted molar refractivity (Wildman–Crippen MR) is 100 cm³/mol. The third kappa shape index (κ3) is 5.00. The topological polar surface area (TPSA) is 112 Å². The second kappa shape index (κ2) is 8.12. The molecule has 3 aromatic rings. The largest absolute Gasteiger partial charge is 0.263 e. The monoisotopic (exact) mass is 381 g/mol. The van der Waals surface area contributed by atoms with Crippen molar-refractivity contribution in [1.29, 1.82) is 5.26 Å². The fourth-order valence-electron chi connectivity index (χ4n) is 2.54. The van der Waals surface area contributed by atoms with E-state index >= 15 is 0 Å². The number of aryl methyl sites for hydroxylation is 1. The van der Waals surface area contributed by atoms with Crippen LogP contribution in [0.5, 0.6) is 0 Å². The molecule has 0 atom stereocenters. The summed E-state index contributed by atoms with van der Waals surface area (Å²) in [5, 5.41) is 15.9. The molecule has 2 aromatic carbocycles. The van der Waals surface area contributed by atoms with E-state index in [0.717, 1.165) is 11.4 Å². The summed E-state index contributed by atoms with van der Waals surface area (Å²) in [7, 11) is -3.68. The van der Waals surface area contributed by atoms with Gasteiger partial charge in [-0.1, -0.05) is 35.9 Å². The Morgan fingerprint density at radius 1 is 1.19 bits per heavy atom. The van der Waals surface area contributed by atoms with Crippen molar-refractivity contribution >= 4 is 10.0 Å². The molecule has 0 radical (unpaired) electrons. The molecular formula is C19H19N5O2S. The number of hydrogen-bond acceptors (Lipinski definition) is 5. The summed E-state index contributed by atoms with van der Waals surface area (Å²) >= 11 is 0. The SMILES string of the molecule is Cc1ccc(Cc2nc(CCNS(=O)(=O)c3cccc(C#N)c3)n[nH]2)cc1. The van der Waals surface area contributed by atoms with Crippen LogP contribution < -0.4 is 4.72 Å². The maximum absolute atomic E-state index is 12.3. The van der Waals surface area contributed by atoms with Crippen LogP contribution in [-0.2, 0) is 22.9 Å². The van der Waals surface area contributed by atoms with Gasteiger partial charge in [-0.05, 0) is 30.7 Å². The van der Waals surface area contributed by atoms with Crippen molar-refractivity contribution in [3.8, 4) is 6.07 Å². The van der Waals surface area contributed by atoms with Crippen LogP contribution in [0.2, 0.25) is 0 Å². The van der Waals surface area contributed by atoms with E-state index in [4.69, 9.17) is 5.26 Å². The molecule has 1 aromatic heterocycles. The average Bonchev–Trinajstić information content (AvgIpc) is 3.11. The highest BCUT2D eigenvalue weighted by Crippen LogP contribution is 2.11. The summed E-state index contributed by atoms with van der Waals surface area (Å²) in [6, 6.07) is 16.0. The van der Waals surface area contributed by atoms with Crippen LogP contribution in [-0.4, -0.2) is 30.1 Å². The molecule has 0 saturated heterocycles. The molecule has 0 aliphatic rings. The molecule has 0 fully saturated rings. The molecule has 138 valence electrons. The van der Waals surface area contributed by atoms with Gasteiger partial charge >= 0.3 is 0 Å². The van der Waals surface area contributed by atoms with Gasteiger partial charge < -0.3 is 0 Å².